The summed E-state index contributed by atoms with van der Waals surface area (Å²) in [5, 5.41) is 19.7. The zero-order valence-corrected chi connectivity index (χ0v) is 9.14. The first kappa shape index (κ1) is 10.6. The summed E-state index contributed by atoms with van der Waals surface area (Å²) in [6, 6.07) is 7.05. The van der Waals surface area contributed by atoms with Gasteiger partial charge in [-0.2, -0.15) is 0 Å². The van der Waals surface area contributed by atoms with Crippen LogP contribution in [-0.2, 0) is 0 Å². The topological polar surface area (TPSA) is 40.5 Å². The first-order valence-electron chi connectivity index (χ1n) is 5.27. The van der Waals surface area contributed by atoms with Crippen molar-refractivity contribution in [2.45, 2.75) is 13.3 Å². The zero-order valence-electron chi connectivity index (χ0n) is 9.14. The molecule has 0 amide bonds. The van der Waals surface area contributed by atoms with Gasteiger partial charge in [-0.15, -0.1) is 0 Å². The van der Waals surface area contributed by atoms with Gasteiger partial charge in [-0.1, -0.05) is 30.4 Å². The molecular formula is C14H14O2. The minimum Gasteiger partial charge on any atom is -0.507 e. The summed E-state index contributed by atoms with van der Waals surface area (Å²) >= 11 is 0. The van der Waals surface area contributed by atoms with Crippen LogP contribution in [0.5, 0.6) is 5.75 Å². The van der Waals surface area contributed by atoms with E-state index in [1.165, 1.54) is 0 Å². The molecule has 2 nitrogen and oxygen atoms in total. The van der Waals surface area contributed by atoms with Gasteiger partial charge in [0, 0.05) is 11.1 Å². The van der Waals surface area contributed by atoms with Crippen LogP contribution in [0.2, 0.25) is 0 Å². The van der Waals surface area contributed by atoms with Crippen molar-refractivity contribution in [1.82, 2.24) is 0 Å². The molecule has 0 bridgehead atoms. The number of aliphatic hydroxyl groups excluding tert-OH is 1. The van der Waals surface area contributed by atoms with Gasteiger partial charge < -0.3 is 10.2 Å². The number of phenolic OH excluding ortho intramolecular Hbond substituents is 1. The van der Waals surface area contributed by atoms with Crippen LogP contribution in [0.4, 0.5) is 0 Å². The fourth-order valence-corrected chi connectivity index (χ4v) is 1.91. The summed E-state index contributed by atoms with van der Waals surface area (Å²) in [6.45, 7) is 1.93. The van der Waals surface area contributed by atoms with Crippen LogP contribution in [0.15, 0.2) is 53.8 Å². The van der Waals surface area contributed by atoms with Crippen LogP contribution in [0.25, 0.3) is 5.57 Å². The molecule has 0 heterocycles. The van der Waals surface area contributed by atoms with Gasteiger partial charge in [0.05, 0.1) is 0 Å². The Labute approximate surface area is 94.9 Å². The molecule has 2 heteroatoms. The number of benzene rings is 1. The van der Waals surface area contributed by atoms with Crippen LogP contribution in [0.3, 0.4) is 0 Å². The Balaban J connectivity index is 2.61. The van der Waals surface area contributed by atoms with Crippen molar-refractivity contribution < 1.29 is 10.2 Å². The monoisotopic (exact) mass is 214 g/mol. The number of hydrogen-bond acceptors (Lipinski definition) is 2. The van der Waals surface area contributed by atoms with Crippen molar-refractivity contribution in [2.75, 3.05) is 0 Å². The average molecular weight is 214 g/mol. The fourth-order valence-electron chi connectivity index (χ4n) is 1.91. The van der Waals surface area contributed by atoms with Crippen LogP contribution in [-0.4, -0.2) is 10.2 Å². The van der Waals surface area contributed by atoms with Gasteiger partial charge in [0.1, 0.15) is 11.5 Å². The Bertz CT molecular complexity index is 493. The van der Waals surface area contributed by atoms with Crippen molar-refractivity contribution in [3.63, 3.8) is 0 Å². The van der Waals surface area contributed by atoms with Crippen molar-refractivity contribution in [1.29, 1.82) is 0 Å². The van der Waals surface area contributed by atoms with E-state index < -0.39 is 0 Å². The minimum absolute atomic E-state index is 0.193. The van der Waals surface area contributed by atoms with Gasteiger partial charge in [-0.25, -0.2) is 0 Å². The lowest BCUT2D eigenvalue weighted by Crippen LogP contribution is -1.98. The van der Waals surface area contributed by atoms with E-state index in [2.05, 4.69) is 0 Å². The van der Waals surface area contributed by atoms with Crippen LogP contribution >= 0.6 is 0 Å². The van der Waals surface area contributed by atoms with Gasteiger partial charge in [0.25, 0.3) is 0 Å². The van der Waals surface area contributed by atoms with E-state index in [-0.39, 0.29) is 11.5 Å². The SMILES string of the molecule is CC=C1CC=CC(O)=C1c1ccccc1O. The maximum atomic E-state index is 9.89. The quantitative estimate of drug-likeness (QED) is 0.750. The first-order chi connectivity index (χ1) is 7.74. The van der Waals surface area contributed by atoms with Gasteiger partial charge in [-0.3, -0.25) is 0 Å². The lowest BCUT2D eigenvalue weighted by Gasteiger charge is -2.16. The third kappa shape index (κ3) is 1.74. The molecular weight excluding hydrogens is 200 g/mol. The van der Waals surface area contributed by atoms with E-state index in [1.807, 2.05) is 31.2 Å². The molecule has 0 radical (unpaired) electrons. The normalized spacial score (nSPS) is 18.2. The molecule has 0 atom stereocenters. The molecule has 0 aliphatic heterocycles. The van der Waals surface area contributed by atoms with E-state index >= 15 is 0 Å². The second kappa shape index (κ2) is 4.27. The van der Waals surface area contributed by atoms with E-state index in [0.29, 0.717) is 5.56 Å². The summed E-state index contributed by atoms with van der Waals surface area (Å²) < 4.78 is 0. The lowest BCUT2D eigenvalue weighted by molar-refractivity contribution is 0.432. The Morgan fingerprint density at radius 1 is 1.19 bits per heavy atom. The molecule has 0 unspecified atom stereocenters. The van der Waals surface area contributed by atoms with Crippen LogP contribution < -0.4 is 0 Å². The maximum absolute atomic E-state index is 9.89. The largest absolute Gasteiger partial charge is 0.507 e. The molecule has 82 valence electrons. The Morgan fingerprint density at radius 2 is 1.94 bits per heavy atom. The summed E-state index contributed by atoms with van der Waals surface area (Å²) in [4.78, 5) is 0. The van der Waals surface area contributed by atoms with E-state index in [9.17, 15) is 10.2 Å². The third-order valence-electron chi connectivity index (χ3n) is 2.71. The molecule has 0 saturated carbocycles. The number of hydrogen-bond donors (Lipinski definition) is 2. The summed E-state index contributed by atoms with van der Waals surface area (Å²) in [6.07, 6.45) is 6.33. The number of rotatable bonds is 1. The van der Waals surface area contributed by atoms with Gasteiger partial charge >= 0.3 is 0 Å². The molecule has 1 aromatic rings. The number of aromatic hydroxyl groups is 1. The summed E-state index contributed by atoms with van der Waals surface area (Å²) in [5.74, 6) is 0.402. The fraction of sp³-hybridized carbons (Fsp3) is 0.143. The molecule has 16 heavy (non-hydrogen) atoms. The van der Waals surface area contributed by atoms with Gasteiger partial charge in [-0.05, 0) is 31.1 Å². The van der Waals surface area contributed by atoms with E-state index in [1.54, 1.807) is 18.2 Å². The molecule has 1 aliphatic rings. The average Bonchev–Trinajstić information content (AvgIpc) is 2.30. The molecule has 0 spiro atoms. The highest BCUT2D eigenvalue weighted by Crippen LogP contribution is 2.36. The molecule has 1 aliphatic carbocycles. The smallest absolute Gasteiger partial charge is 0.123 e. The first-order valence-corrected chi connectivity index (χ1v) is 5.27. The van der Waals surface area contributed by atoms with Crippen molar-refractivity contribution >= 4 is 5.57 Å². The molecule has 1 aromatic carbocycles. The van der Waals surface area contributed by atoms with Crippen LogP contribution in [0.1, 0.15) is 18.9 Å². The summed E-state index contributed by atoms with van der Waals surface area (Å²) in [7, 11) is 0. The molecule has 0 saturated heterocycles. The number of allylic oxidation sites excluding steroid dienone is 5. The second-order valence-electron chi connectivity index (χ2n) is 3.70. The highest BCUT2D eigenvalue weighted by molar-refractivity contribution is 5.85. The number of phenols is 1. The standard InChI is InChI=1S/C14H14O2/c1-2-10-6-5-9-13(16)14(10)11-7-3-4-8-12(11)15/h2-5,7-9,15-16H,6H2,1H3. The van der Waals surface area contributed by atoms with E-state index in [4.69, 9.17) is 0 Å². The molecule has 0 fully saturated rings. The summed E-state index contributed by atoms with van der Waals surface area (Å²) in [5.41, 5.74) is 2.43. The van der Waals surface area contributed by atoms with Crippen molar-refractivity contribution in [2.24, 2.45) is 0 Å². The molecule has 0 aromatic heterocycles. The third-order valence-corrected chi connectivity index (χ3v) is 2.71. The number of aliphatic hydroxyl groups is 1. The zero-order chi connectivity index (χ0) is 11.5. The maximum Gasteiger partial charge on any atom is 0.123 e. The van der Waals surface area contributed by atoms with Gasteiger partial charge in [0.2, 0.25) is 0 Å². The van der Waals surface area contributed by atoms with Gasteiger partial charge in [0.15, 0.2) is 0 Å². The van der Waals surface area contributed by atoms with Crippen LogP contribution in [0, 0.1) is 0 Å². The lowest BCUT2D eigenvalue weighted by atomic mass is 9.90. The van der Waals surface area contributed by atoms with Crippen molar-refractivity contribution in [3.8, 4) is 5.75 Å². The molecule has 2 N–H and O–H groups in total. The van der Waals surface area contributed by atoms with E-state index in [0.717, 1.165) is 17.6 Å². The Kier molecular flexibility index (Phi) is 2.82. The highest BCUT2D eigenvalue weighted by Gasteiger charge is 2.16. The van der Waals surface area contributed by atoms with Crippen molar-refractivity contribution in [3.05, 3.63) is 59.4 Å². The number of para-hydroxylation sites is 1. The molecule has 2 rings (SSSR count). The Morgan fingerprint density at radius 3 is 2.62 bits per heavy atom. The second-order valence-corrected chi connectivity index (χ2v) is 3.70. The predicted molar refractivity (Wildman–Crippen MR) is 65.2 cm³/mol. The minimum atomic E-state index is 0.193. The highest BCUT2D eigenvalue weighted by atomic mass is 16.3. The predicted octanol–water partition coefficient (Wildman–Crippen LogP) is 3.57. The Hall–Kier alpha value is -1.96.